The van der Waals surface area contributed by atoms with Crippen molar-refractivity contribution in [2.24, 2.45) is 5.92 Å². The molecule has 156 valence electrons. The van der Waals surface area contributed by atoms with Gasteiger partial charge in [-0.05, 0) is 79.7 Å². The summed E-state index contributed by atoms with van der Waals surface area (Å²) in [5, 5.41) is 0.900. The summed E-state index contributed by atoms with van der Waals surface area (Å²) in [6.45, 7) is 0. The fourth-order valence-corrected chi connectivity index (χ4v) is 5.40. The molecule has 0 N–H and O–H groups in total. The first-order valence-corrected chi connectivity index (χ1v) is 11.2. The summed E-state index contributed by atoms with van der Waals surface area (Å²) in [4.78, 5) is 22.2. The molecule has 0 unspecified atom stereocenters. The Bertz CT molecular complexity index is 1300. The summed E-state index contributed by atoms with van der Waals surface area (Å²) < 4.78 is 16.1. The second-order valence-corrected chi connectivity index (χ2v) is 9.06. The summed E-state index contributed by atoms with van der Waals surface area (Å²) in [5.74, 6) is 0.903. The number of fused-ring (bicyclic) bond motifs is 2. The van der Waals surface area contributed by atoms with Gasteiger partial charge in [-0.15, -0.1) is 0 Å². The molecule has 31 heavy (non-hydrogen) atoms. The normalized spacial score (nSPS) is 21.6. The number of hydrogen-bond donors (Lipinski definition) is 0. The lowest BCUT2D eigenvalue weighted by Crippen LogP contribution is -2.23. The molecule has 2 aliphatic rings. The third kappa shape index (κ3) is 3.14. The van der Waals surface area contributed by atoms with Gasteiger partial charge in [0.1, 0.15) is 11.3 Å². The number of pyridine rings is 2. The minimum atomic E-state index is -0.273. The summed E-state index contributed by atoms with van der Waals surface area (Å²) >= 11 is 0. The van der Waals surface area contributed by atoms with E-state index in [1.54, 1.807) is 12.5 Å². The van der Waals surface area contributed by atoms with Crippen LogP contribution in [0, 0.1) is 11.7 Å². The molecule has 0 saturated heterocycles. The molecular formula is C26H24FN3O. The second-order valence-electron chi connectivity index (χ2n) is 9.06. The number of aromatic nitrogens is 3. The zero-order valence-corrected chi connectivity index (χ0v) is 17.3. The molecule has 3 aromatic heterocycles. The van der Waals surface area contributed by atoms with E-state index in [-0.39, 0.29) is 17.5 Å². The highest BCUT2D eigenvalue weighted by Gasteiger charge is 2.34. The van der Waals surface area contributed by atoms with Gasteiger partial charge in [-0.2, -0.15) is 0 Å². The Morgan fingerprint density at radius 3 is 2.55 bits per heavy atom. The fraction of sp³-hybridized carbons (Fsp3) is 0.346. The van der Waals surface area contributed by atoms with Gasteiger partial charge in [-0.3, -0.25) is 9.78 Å². The van der Waals surface area contributed by atoms with Crippen LogP contribution in [0.4, 0.5) is 4.39 Å². The summed E-state index contributed by atoms with van der Waals surface area (Å²) in [6.07, 6.45) is 13.2. The number of hydrogen-bond acceptors (Lipinski definition) is 3. The maximum atomic E-state index is 14.2. The molecule has 6 rings (SSSR count). The van der Waals surface area contributed by atoms with Gasteiger partial charge in [-0.1, -0.05) is 12.1 Å². The van der Waals surface area contributed by atoms with Gasteiger partial charge in [0, 0.05) is 29.3 Å². The maximum Gasteiger partial charge on any atom is 0.168 e. The number of halogens is 1. The number of imidazole rings is 1. The fourth-order valence-electron chi connectivity index (χ4n) is 5.40. The first kappa shape index (κ1) is 18.7. The van der Waals surface area contributed by atoms with Gasteiger partial charge in [0.2, 0.25) is 0 Å². The molecule has 0 radical (unpaired) electrons. The molecule has 2 fully saturated rings. The van der Waals surface area contributed by atoms with Gasteiger partial charge in [0.25, 0.3) is 0 Å². The number of nitrogens with zero attached hydrogens (tertiary/aromatic N) is 3. The van der Waals surface area contributed by atoms with Crippen molar-refractivity contribution in [1.29, 1.82) is 0 Å². The Kier molecular flexibility index (Phi) is 4.37. The van der Waals surface area contributed by atoms with Crippen LogP contribution in [-0.4, -0.2) is 20.2 Å². The van der Waals surface area contributed by atoms with Crippen LogP contribution in [0.25, 0.3) is 16.4 Å². The zero-order valence-electron chi connectivity index (χ0n) is 17.3. The van der Waals surface area contributed by atoms with Crippen LogP contribution in [0.2, 0.25) is 0 Å². The lowest BCUT2D eigenvalue weighted by Gasteiger charge is -2.29. The minimum Gasteiger partial charge on any atom is -0.306 e. The molecule has 4 aromatic rings. The quantitative estimate of drug-likeness (QED) is 0.382. The molecule has 5 heteroatoms. The van der Waals surface area contributed by atoms with Crippen molar-refractivity contribution in [3.05, 3.63) is 77.8 Å². The average Bonchev–Trinajstić information content (AvgIpc) is 3.55. The van der Waals surface area contributed by atoms with E-state index in [2.05, 4.69) is 16.0 Å². The van der Waals surface area contributed by atoms with Crippen LogP contribution < -0.4 is 0 Å². The molecule has 0 aliphatic heterocycles. The number of carbonyl (C=O) groups excluding carboxylic acids is 1. The lowest BCUT2D eigenvalue weighted by molar-refractivity contribution is 0.0884. The van der Waals surface area contributed by atoms with Crippen LogP contribution in [-0.2, 0) is 0 Å². The van der Waals surface area contributed by atoms with Crippen molar-refractivity contribution in [1.82, 2.24) is 14.4 Å². The second kappa shape index (κ2) is 7.26. The number of Topliss-reactive ketones (excluding diaryl/α,β-unsaturated/α-hetero) is 1. The Labute approximate surface area is 180 Å². The van der Waals surface area contributed by atoms with E-state index >= 15 is 0 Å². The van der Waals surface area contributed by atoms with Gasteiger partial charge in [0.15, 0.2) is 5.78 Å². The molecule has 0 bridgehead atoms. The standard InChI is InChI=1S/C26H24FN3O/c27-22-10-9-19(21-2-1-12-29-25(21)22)16-5-7-18(8-6-16)26(31)24-20(17-3-4-17)11-13-30-15-28-14-23(24)30/h1-2,9-18H,3-8H2. The molecule has 2 aliphatic carbocycles. The molecule has 0 amide bonds. The molecule has 1 aromatic carbocycles. The average molecular weight is 413 g/mol. The summed E-state index contributed by atoms with van der Waals surface area (Å²) in [6, 6.07) is 9.38. The van der Waals surface area contributed by atoms with Gasteiger partial charge < -0.3 is 4.40 Å². The monoisotopic (exact) mass is 413 g/mol. The van der Waals surface area contributed by atoms with E-state index in [1.165, 1.54) is 24.5 Å². The number of rotatable bonds is 4. The Morgan fingerprint density at radius 1 is 0.968 bits per heavy atom. The van der Waals surface area contributed by atoms with Crippen LogP contribution in [0.5, 0.6) is 0 Å². The zero-order chi connectivity index (χ0) is 20.9. The van der Waals surface area contributed by atoms with Crippen molar-refractivity contribution in [3.8, 4) is 0 Å². The van der Waals surface area contributed by atoms with E-state index < -0.39 is 0 Å². The van der Waals surface area contributed by atoms with Crippen molar-refractivity contribution in [2.45, 2.75) is 50.4 Å². The third-order valence-electron chi connectivity index (χ3n) is 7.18. The van der Waals surface area contributed by atoms with Crippen LogP contribution >= 0.6 is 0 Å². The molecule has 0 spiro atoms. The van der Waals surface area contributed by atoms with Gasteiger partial charge >= 0.3 is 0 Å². The van der Waals surface area contributed by atoms with Crippen molar-refractivity contribution in [2.75, 3.05) is 0 Å². The first-order chi connectivity index (χ1) is 15.2. The SMILES string of the molecule is O=C(c1c(C2CC2)ccn2cncc12)C1CCC(c2ccc(F)c3ncccc23)CC1. The van der Waals surface area contributed by atoms with Crippen LogP contribution in [0.1, 0.15) is 71.8 Å². The molecule has 2 saturated carbocycles. The maximum absolute atomic E-state index is 14.2. The highest BCUT2D eigenvalue weighted by atomic mass is 19.1. The van der Waals surface area contributed by atoms with E-state index in [1.807, 2.05) is 35.0 Å². The largest absolute Gasteiger partial charge is 0.306 e. The lowest BCUT2D eigenvalue weighted by atomic mass is 9.75. The first-order valence-electron chi connectivity index (χ1n) is 11.2. The van der Waals surface area contributed by atoms with E-state index in [0.717, 1.165) is 47.7 Å². The highest BCUT2D eigenvalue weighted by molar-refractivity contribution is 6.05. The summed E-state index contributed by atoms with van der Waals surface area (Å²) in [5.41, 5.74) is 4.64. The van der Waals surface area contributed by atoms with Crippen LogP contribution in [0.3, 0.4) is 0 Å². The Hall–Kier alpha value is -3.08. The molecular weight excluding hydrogens is 389 g/mol. The topological polar surface area (TPSA) is 47.3 Å². The van der Waals surface area contributed by atoms with Gasteiger partial charge in [-0.25, -0.2) is 9.37 Å². The van der Waals surface area contributed by atoms with Crippen molar-refractivity contribution < 1.29 is 9.18 Å². The molecule has 0 atom stereocenters. The molecule has 3 heterocycles. The Morgan fingerprint density at radius 2 is 1.74 bits per heavy atom. The van der Waals surface area contributed by atoms with Crippen LogP contribution in [0.15, 0.2) is 55.2 Å². The predicted octanol–water partition coefficient (Wildman–Crippen LogP) is 6.06. The smallest absolute Gasteiger partial charge is 0.168 e. The summed E-state index contributed by atoms with van der Waals surface area (Å²) in [7, 11) is 0. The Balaban J connectivity index is 1.28. The molecule has 4 nitrogen and oxygen atoms in total. The van der Waals surface area contributed by atoms with E-state index in [0.29, 0.717) is 17.4 Å². The van der Waals surface area contributed by atoms with Crippen molar-refractivity contribution >= 4 is 22.2 Å². The predicted molar refractivity (Wildman–Crippen MR) is 118 cm³/mol. The third-order valence-corrected chi connectivity index (χ3v) is 7.18. The number of benzene rings is 1. The van der Waals surface area contributed by atoms with E-state index in [4.69, 9.17) is 0 Å². The van der Waals surface area contributed by atoms with Crippen molar-refractivity contribution in [3.63, 3.8) is 0 Å². The van der Waals surface area contributed by atoms with Gasteiger partial charge in [0.05, 0.1) is 18.0 Å². The number of ketones is 1. The number of carbonyl (C=O) groups is 1. The van der Waals surface area contributed by atoms with E-state index in [9.17, 15) is 9.18 Å². The minimum absolute atomic E-state index is 0.0414. The highest BCUT2D eigenvalue weighted by Crippen LogP contribution is 2.45.